The number of anilines is 2. The zero-order chi connectivity index (χ0) is 17.5. The van der Waals surface area contributed by atoms with E-state index in [1.165, 1.54) is 6.07 Å². The third-order valence-corrected chi connectivity index (χ3v) is 3.95. The van der Waals surface area contributed by atoms with E-state index in [1.807, 2.05) is 4.90 Å². The summed E-state index contributed by atoms with van der Waals surface area (Å²) >= 11 is 0. The van der Waals surface area contributed by atoms with Crippen molar-refractivity contribution in [3.8, 4) is 6.07 Å². The Labute approximate surface area is 140 Å². The third kappa shape index (κ3) is 4.22. The molecule has 0 bridgehead atoms. The lowest BCUT2D eigenvalue weighted by Gasteiger charge is -2.33. The van der Waals surface area contributed by atoms with Crippen molar-refractivity contribution in [1.82, 2.24) is 0 Å². The van der Waals surface area contributed by atoms with Crippen LogP contribution in [0.15, 0.2) is 18.2 Å². The maximum Gasteiger partial charge on any atom is 0.309 e. The Morgan fingerprint density at radius 3 is 2.75 bits per heavy atom. The molecule has 1 saturated heterocycles. The number of nitriles is 1. The molecular weight excluding hydrogens is 313 g/mol. The number of benzene rings is 1. The summed E-state index contributed by atoms with van der Waals surface area (Å²) in [7, 11) is 0. The summed E-state index contributed by atoms with van der Waals surface area (Å²) in [6.45, 7) is 3.26. The lowest BCUT2D eigenvalue weighted by molar-refractivity contribution is -0.148. The molecular formula is C17H20FN3O3. The molecule has 1 fully saturated rings. The zero-order valence-corrected chi connectivity index (χ0v) is 13.5. The predicted molar refractivity (Wildman–Crippen MR) is 86.8 cm³/mol. The molecule has 0 aromatic heterocycles. The maximum atomic E-state index is 14.1. The van der Waals surface area contributed by atoms with Gasteiger partial charge in [-0.1, -0.05) is 6.07 Å². The normalized spacial score (nSPS) is 14.8. The number of nitrogens with one attached hydrogen (secondary N) is 1. The summed E-state index contributed by atoms with van der Waals surface area (Å²) in [5, 5.41) is 11.0. The van der Waals surface area contributed by atoms with E-state index in [0.717, 1.165) is 0 Å². The number of halogens is 1. The summed E-state index contributed by atoms with van der Waals surface area (Å²) in [6.07, 6.45) is 0.889. The van der Waals surface area contributed by atoms with Crippen molar-refractivity contribution in [2.24, 2.45) is 5.92 Å². The first kappa shape index (κ1) is 17.7. The van der Waals surface area contributed by atoms with Gasteiger partial charge in [-0.15, -0.1) is 0 Å². The number of hydrogen-bond acceptors (Lipinski definition) is 5. The van der Waals surface area contributed by atoms with Crippen molar-refractivity contribution in [1.29, 1.82) is 5.26 Å². The Kier molecular flexibility index (Phi) is 6.13. The van der Waals surface area contributed by atoms with Crippen LogP contribution in [0.1, 0.15) is 26.2 Å². The third-order valence-electron chi connectivity index (χ3n) is 3.95. The predicted octanol–water partition coefficient (Wildman–Crippen LogP) is 2.46. The number of hydrogen-bond donors (Lipinski definition) is 1. The average Bonchev–Trinajstić information content (AvgIpc) is 2.57. The monoisotopic (exact) mass is 333 g/mol. The number of piperidine rings is 1. The summed E-state index contributed by atoms with van der Waals surface area (Å²) in [4.78, 5) is 25.4. The molecule has 1 N–H and O–H groups in total. The molecule has 1 aliphatic heterocycles. The first-order chi connectivity index (χ1) is 11.6. The van der Waals surface area contributed by atoms with Crippen LogP contribution in [0.2, 0.25) is 0 Å². The number of ether oxygens (including phenoxy) is 1. The first-order valence-corrected chi connectivity index (χ1v) is 7.93. The average molecular weight is 333 g/mol. The molecule has 1 aromatic carbocycles. The highest BCUT2D eigenvalue weighted by Crippen LogP contribution is 2.32. The van der Waals surface area contributed by atoms with Gasteiger partial charge in [0.1, 0.15) is 17.9 Å². The van der Waals surface area contributed by atoms with Gasteiger partial charge in [0.2, 0.25) is 5.91 Å². The minimum Gasteiger partial charge on any atom is -0.466 e. The van der Waals surface area contributed by atoms with Crippen LogP contribution in [-0.2, 0) is 14.3 Å². The van der Waals surface area contributed by atoms with Gasteiger partial charge in [-0.25, -0.2) is 4.39 Å². The molecule has 0 saturated carbocycles. The molecule has 1 heterocycles. The molecule has 6 nitrogen and oxygen atoms in total. The molecule has 1 amide bonds. The van der Waals surface area contributed by atoms with E-state index in [-0.39, 0.29) is 24.0 Å². The van der Waals surface area contributed by atoms with Gasteiger partial charge in [0, 0.05) is 13.1 Å². The van der Waals surface area contributed by atoms with E-state index in [2.05, 4.69) is 5.32 Å². The quantitative estimate of drug-likeness (QED) is 0.837. The molecule has 7 heteroatoms. The van der Waals surface area contributed by atoms with Crippen LogP contribution in [0.5, 0.6) is 0 Å². The molecule has 128 valence electrons. The number of rotatable bonds is 5. The second-order valence-electron chi connectivity index (χ2n) is 5.53. The van der Waals surface area contributed by atoms with Gasteiger partial charge in [-0.2, -0.15) is 5.26 Å². The Hall–Kier alpha value is -2.62. The molecule has 0 aliphatic carbocycles. The number of carbonyl (C=O) groups excluding carboxylic acids is 2. The van der Waals surface area contributed by atoms with E-state index in [4.69, 9.17) is 10.00 Å². The standard InChI is InChI=1S/C17H20FN3O3/c1-2-24-17(23)12-7-10-21(11-8-12)14-5-3-4-13(18)16(14)20-15(22)6-9-19/h3-5,12H,2,6-8,10-11H2,1H3,(H,20,22). The van der Waals surface area contributed by atoms with Crippen LogP contribution in [0, 0.1) is 23.1 Å². The fourth-order valence-electron chi connectivity index (χ4n) is 2.77. The molecule has 0 unspecified atom stereocenters. The van der Waals surface area contributed by atoms with E-state index in [1.54, 1.807) is 25.1 Å². The molecule has 0 atom stereocenters. The minimum atomic E-state index is -0.551. The Balaban J connectivity index is 2.10. The van der Waals surface area contributed by atoms with Crippen molar-refractivity contribution < 1.29 is 18.7 Å². The van der Waals surface area contributed by atoms with Crippen molar-refractivity contribution >= 4 is 23.3 Å². The van der Waals surface area contributed by atoms with Gasteiger partial charge in [-0.05, 0) is 31.9 Å². The number of amides is 1. The van der Waals surface area contributed by atoms with Crippen LogP contribution in [0.4, 0.5) is 15.8 Å². The highest BCUT2D eigenvalue weighted by Gasteiger charge is 2.27. The Bertz CT molecular complexity index is 649. The van der Waals surface area contributed by atoms with Gasteiger partial charge in [0.05, 0.1) is 24.3 Å². The van der Waals surface area contributed by atoms with Crippen LogP contribution in [0.25, 0.3) is 0 Å². The largest absolute Gasteiger partial charge is 0.466 e. The van der Waals surface area contributed by atoms with Crippen molar-refractivity contribution in [3.05, 3.63) is 24.0 Å². The van der Waals surface area contributed by atoms with Gasteiger partial charge in [0.25, 0.3) is 0 Å². The van der Waals surface area contributed by atoms with Crippen LogP contribution in [0.3, 0.4) is 0 Å². The highest BCUT2D eigenvalue weighted by molar-refractivity contribution is 5.95. The fraction of sp³-hybridized carbons (Fsp3) is 0.471. The van der Waals surface area contributed by atoms with Gasteiger partial charge < -0.3 is 15.0 Å². The second kappa shape index (κ2) is 8.29. The van der Waals surface area contributed by atoms with Gasteiger partial charge in [0.15, 0.2) is 0 Å². The van der Waals surface area contributed by atoms with E-state index in [0.29, 0.717) is 38.2 Å². The van der Waals surface area contributed by atoms with Gasteiger partial charge in [-0.3, -0.25) is 9.59 Å². The van der Waals surface area contributed by atoms with Crippen molar-refractivity contribution in [2.75, 3.05) is 29.9 Å². The Morgan fingerprint density at radius 1 is 1.42 bits per heavy atom. The molecule has 24 heavy (non-hydrogen) atoms. The highest BCUT2D eigenvalue weighted by atomic mass is 19.1. The Morgan fingerprint density at radius 2 is 2.12 bits per heavy atom. The van der Waals surface area contributed by atoms with E-state index < -0.39 is 11.7 Å². The number of esters is 1. The van der Waals surface area contributed by atoms with Crippen molar-refractivity contribution in [3.63, 3.8) is 0 Å². The first-order valence-electron chi connectivity index (χ1n) is 7.93. The summed E-state index contributed by atoms with van der Waals surface area (Å²) in [5.41, 5.74) is 0.635. The number of para-hydroxylation sites is 1. The second-order valence-corrected chi connectivity index (χ2v) is 5.53. The zero-order valence-electron chi connectivity index (χ0n) is 13.5. The smallest absolute Gasteiger partial charge is 0.309 e. The van der Waals surface area contributed by atoms with Crippen LogP contribution >= 0.6 is 0 Å². The van der Waals surface area contributed by atoms with Gasteiger partial charge >= 0.3 is 5.97 Å². The lowest BCUT2D eigenvalue weighted by Crippen LogP contribution is -2.37. The number of carbonyl (C=O) groups is 2. The maximum absolute atomic E-state index is 14.1. The molecule has 2 rings (SSSR count). The topological polar surface area (TPSA) is 82.4 Å². The minimum absolute atomic E-state index is 0.0762. The fourth-order valence-corrected chi connectivity index (χ4v) is 2.77. The van der Waals surface area contributed by atoms with Crippen molar-refractivity contribution in [2.45, 2.75) is 26.2 Å². The molecule has 1 aromatic rings. The van der Waals surface area contributed by atoms with E-state index in [9.17, 15) is 14.0 Å². The molecule has 0 spiro atoms. The number of nitrogens with zero attached hydrogens (tertiary/aromatic N) is 2. The summed E-state index contributed by atoms with van der Waals surface area (Å²) < 4.78 is 19.2. The van der Waals surface area contributed by atoms with Crippen LogP contribution < -0.4 is 10.2 Å². The lowest BCUT2D eigenvalue weighted by atomic mass is 9.96. The summed E-state index contributed by atoms with van der Waals surface area (Å²) in [6, 6.07) is 6.29. The summed E-state index contributed by atoms with van der Waals surface area (Å²) in [5.74, 6) is -1.44. The van der Waals surface area contributed by atoms with E-state index >= 15 is 0 Å². The SMILES string of the molecule is CCOC(=O)C1CCN(c2cccc(F)c2NC(=O)CC#N)CC1. The van der Waals surface area contributed by atoms with Crippen LogP contribution in [-0.4, -0.2) is 31.6 Å². The molecule has 1 aliphatic rings. The molecule has 0 radical (unpaired) electrons.